The molecule has 2 rings (SSSR count). The van der Waals surface area contributed by atoms with Crippen LogP contribution < -0.4 is 10.5 Å². The Labute approximate surface area is 130 Å². The predicted octanol–water partition coefficient (Wildman–Crippen LogP) is 3.00. The van der Waals surface area contributed by atoms with E-state index >= 15 is 0 Å². The molecule has 0 bridgehead atoms. The van der Waals surface area contributed by atoms with E-state index in [1.807, 2.05) is 37.3 Å². The van der Waals surface area contributed by atoms with Gasteiger partial charge in [0.25, 0.3) is 0 Å². The fourth-order valence-electron chi connectivity index (χ4n) is 2.02. The van der Waals surface area contributed by atoms with Crippen molar-refractivity contribution in [1.29, 1.82) is 0 Å². The zero-order valence-electron chi connectivity index (χ0n) is 11.6. The summed E-state index contributed by atoms with van der Waals surface area (Å²) in [5.74, 6) is 0.0460. The summed E-state index contributed by atoms with van der Waals surface area (Å²) >= 11 is 5.95. The highest BCUT2D eigenvalue weighted by Crippen LogP contribution is 2.27. The Morgan fingerprint density at radius 2 is 1.81 bits per heavy atom. The van der Waals surface area contributed by atoms with Gasteiger partial charge < -0.3 is 5.73 Å². The van der Waals surface area contributed by atoms with Gasteiger partial charge in [0.15, 0.2) is 0 Å². The quantitative estimate of drug-likeness (QED) is 0.830. The van der Waals surface area contributed by atoms with Crippen LogP contribution in [0.25, 0.3) is 0 Å². The molecule has 0 saturated carbocycles. The van der Waals surface area contributed by atoms with Crippen molar-refractivity contribution in [3.05, 3.63) is 59.1 Å². The molecule has 6 heteroatoms. The molecule has 0 aliphatic carbocycles. The normalized spacial score (nSPS) is 13.0. The van der Waals surface area contributed by atoms with Crippen LogP contribution in [0, 0.1) is 0 Å². The third-order valence-electron chi connectivity index (χ3n) is 3.21. The van der Waals surface area contributed by atoms with Crippen molar-refractivity contribution in [3.63, 3.8) is 0 Å². The van der Waals surface area contributed by atoms with Crippen LogP contribution in [0.2, 0.25) is 5.02 Å². The molecule has 0 spiro atoms. The minimum absolute atomic E-state index is 0.0460. The van der Waals surface area contributed by atoms with E-state index in [2.05, 4.69) is 4.72 Å². The third kappa shape index (κ3) is 3.75. The molecule has 0 heterocycles. The van der Waals surface area contributed by atoms with E-state index in [-0.39, 0.29) is 28.1 Å². The average Bonchev–Trinajstić information content (AvgIpc) is 2.45. The fraction of sp³-hybridized carbons (Fsp3) is 0.200. The van der Waals surface area contributed by atoms with Crippen LogP contribution in [-0.4, -0.2) is 15.0 Å². The minimum Gasteiger partial charge on any atom is -0.398 e. The monoisotopic (exact) mass is 324 g/mol. The Morgan fingerprint density at radius 1 is 1.14 bits per heavy atom. The summed E-state index contributed by atoms with van der Waals surface area (Å²) in [6.45, 7) is 2.23. The number of anilines is 1. The lowest BCUT2D eigenvalue weighted by atomic mass is 10.0. The predicted molar refractivity (Wildman–Crippen MR) is 85.9 cm³/mol. The SMILES string of the molecule is CC(CNS(=O)(=O)c1c(N)cccc1Cl)c1ccccc1. The van der Waals surface area contributed by atoms with E-state index in [1.54, 1.807) is 6.07 Å². The highest BCUT2D eigenvalue weighted by Gasteiger charge is 2.21. The molecule has 3 N–H and O–H groups in total. The Morgan fingerprint density at radius 3 is 2.43 bits per heavy atom. The Balaban J connectivity index is 2.16. The molecular weight excluding hydrogens is 308 g/mol. The number of rotatable bonds is 5. The maximum Gasteiger partial charge on any atom is 0.244 e. The molecule has 2 aromatic rings. The van der Waals surface area contributed by atoms with Gasteiger partial charge in [-0.1, -0.05) is 54.9 Å². The fourth-order valence-corrected chi connectivity index (χ4v) is 3.82. The van der Waals surface area contributed by atoms with Crippen molar-refractivity contribution >= 4 is 27.3 Å². The standard InChI is InChI=1S/C15H17ClN2O2S/c1-11(12-6-3-2-4-7-12)10-18-21(19,20)15-13(16)8-5-9-14(15)17/h2-9,11,18H,10,17H2,1H3. The summed E-state index contributed by atoms with van der Waals surface area (Å²) in [5.41, 5.74) is 6.92. The van der Waals surface area contributed by atoms with Crippen LogP contribution in [0.3, 0.4) is 0 Å². The Kier molecular flexibility index (Phi) is 4.88. The molecule has 1 atom stereocenters. The Hall–Kier alpha value is -1.56. The van der Waals surface area contributed by atoms with Crippen LogP contribution in [0.5, 0.6) is 0 Å². The number of nitrogens with two attached hydrogens (primary N) is 1. The van der Waals surface area contributed by atoms with Gasteiger partial charge in [0.05, 0.1) is 10.7 Å². The lowest BCUT2D eigenvalue weighted by Crippen LogP contribution is -2.28. The zero-order valence-corrected chi connectivity index (χ0v) is 13.2. The van der Waals surface area contributed by atoms with Gasteiger partial charge in [-0.2, -0.15) is 0 Å². The van der Waals surface area contributed by atoms with E-state index in [4.69, 9.17) is 17.3 Å². The van der Waals surface area contributed by atoms with Gasteiger partial charge in [0, 0.05) is 6.54 Å². The van der Waals surface area contributed by atoms with Crippen LogP contribution in [0.15, 0.2) is 53.4 Å². The number of nitrogen functional groups attached to an aromatic ring is 1. The first-order chi connectivity index (χ1) is 9.92. The molecule has 0 amide bonds. The number of hydrogen-bond acceptors (Lipinski definition) is 3. The molecule has 0 saturated heterocycles. The molecule has 4 nitrogen and oxygen atoms in total. The summed E-state index contributed by atoms with van der Waals surface area (Å²) in [6, 6.07) is 14.3. The topological polar surface area (TPSA) is 72.2 Å². The highest BCUT2D eigenvalue weighted by atomic mass is 35.5. The van der Waals surface area contributed by atoms with Gasteiger partial charge in [-0.05, 0) is 23.6 Å². The lowest BCUT2D eigenvalue weighted by molar-refractivity contribution is 0.575. The van der Waals surface area contributed by atoms with Crippen molar-refractivity contribution in [2.24, 2.45) is 0 Å². The summed E-state index contributed by atoms with van der Waals surface area (Å²) in [4.78, 5) is -0.0630. The first-order valence-electron chi connectivity index (χ1n) is 6.50. The smallest absolute Gasteiger partial charge is 0.244 e. The first-order valence-corrected chi connectivity index (χ1v) is 8.36. The molecule has 0 aromatic heterocycles. The second kappa shape index (κ2) is 6.47. The highest BCUT2D eigenvalue weighted by molar-refractivity contribution is 7.89. The maximum atomic E-state index is 12.3. The number of nitrogens with one attached hydrogen (secondary N) is 1. The molecule has 112 valence electrons. The molecular formula is C15H17ClN2O2S. The first kappa shape index (κ1) is 15.8. The van der Waals surface area contributed by atoms with Gasteiger partial charge in [0.1, 0.15) is 4.90 Å². The van der Waals surface area contributed by atoms with Crippen LogP contribution in [0.1, 0.15) is 18.4 Å². The number of halogens is 1. The van der Waals surface area contributed by atoms with Gasteiger partial charge in [-0.25, -0.2) is 13.1 Å². The van der Waals surface area contributed by atoms with Crippen molar-refractivity contribution in [1.82, 2.24) is 4.72 Å². The van der Waals surface area contributed by atoms with E-state index in [9.17, 15) is 8.42 Å². The molecule has 0 radical (unpaired) electrons. The zero-order chi connectivity index (χ0) is 15.5. The molecule has 2 aromatic carbocycles. The van der Waals surface area contributed by atoms with Gasteiger partial charge >= 0.3 is 0 Å². The van der Waals surface area contributed by atoms with E-state index in [1.165, 1.54) is 12.1 Å². The van der Waals surface area contributed by atoms with Crippen LogP contribution >= 0.6 is 11.6 Å². The second-order valence-electron chi connectivity index (χ2n) is 4.82. The van der Waals surface area contributed by atoms with Crippen molar-refractivity contribution in [2.75, 3.05) is 12.3 Å². The van der Waals surface area contributed by atoms with Crippen LogP contribution in [0.4, 0.5) is 5.69 Å². The molecule has 0 aliphatic heterocycles. The molecule has 21 heavy (non-hydrogen) atoms. The van der Waals surface area contributed by atoms with Crippen LogP contribution in [-0.2, 0) is 10.0 Å². The lowest BCUT2D eigenvalue weighted by Gasteiger charge is -2.15. The van der Waals surface area contributed by atoms with E-state index in [0.717, 1.165) is 5.56 Å². The summed E-state index contributed by atoms with van der Waals surface area (Å²) in [7, 11) is -3.73. The van der Waals surface area contributed by atoms with Gasteiger partial charge in [-0.3, -0.25) is 0 Å². The number of benzene rings is 2. The van der Waals surface area contributed by atoms with Crippen molar-refractivity contribution < 1.29 is 8.42 Å². The van der Waals surface area contributed by atoms with E-state index in [0.29, 0.717) is 0 Å². The van der Waals surface area contributed by atoms with Gasteiger partial charge in [-0.15, -0.1) is 0 Å². The van der Waals surface area contributed by atoms with Gasteiger partial charge in [0.2, 0.25) is 10.0 Å². The third-order valence-corrected chi connectivity index (χ3v) is 5.18. The maximum absolute atomic E-state index is 12.3. The van der Waals surface area contributed by atoms with Crippen molar-refractivity contribution in [2.45, 2.75) is 17.7 Å². The average molecular weight is 325 g/mol. The largest absolute Gasteiger partial charge is 0.398 e. The summed E-state index contributed by atoms with van der Waals surface area (Å²) < 4.78 is 27.2. The molecule has 0 aliphatic rings. The second-order valence-corrected chi connectivity index (χ2v) is 6.93. The number of hydrogen-bond donors (Lipinski definition) is 2. The summed E-state index contributed by atoms with van der Waals surface area (Å²) in [6.07, 6.45) is 0. The van der Waals surface area contributed by atoms with E-state index < -0.39 is 10.0 Å². The molecule has 0 fully saturated rings. The van der Waals surface area contributed by atoms with Crippen molar-refractivity contribution in [3.8, 4) is 0 Å². The minimum atomic E-state index is -3.73. The Bertz CT molecular complexity index is 697. The molecule has 1 unspecified atom stereocenters. The number of sulfonamides is 1. The summed E-state index contributed by atoms with van der Waals surface area (Å²) in [5, 5.41) is 0.120.